The summed E-state index contributed by atoms with van der Waals surface area (Å²) >= 11 is 0. The van der Waals surface area contributed by atoms with E-state index in [2.05, 4.69) is 15.6 Å². The predicted molar refractivity (Wildman–Crippen MR) is 76.6 cm³/mol. The zero-order valence-electron chi connectivity index (χ0n) is 12.1. The van der Waals surface area contributed by atoms with Crippen LogP contribution in [0, 0.1) is 0 Å². The summed E-state index contributed by atoms with van der Waals surface area (Å²) in [6.07, 6.45) is -0.0543. The average Bonchev–Trinajstić information content (AvgIpc) is 2.90. The molecule has 6 nitrogen and oxygen atoms in total. The normalized spacial score (nSPS) is 17.6. The van der Waals surface area contributed by atoms with Gasteiger partial charge in [-0.2, -0.15) is 0 Å². The highest BCUT2D eigenvalue weighted by Crippen LogP contribution is 2.26. The smallest absolute Gasteiger partial charge is 0.274 e. The van der Waals surface area contributed by atoms with Crippen molar-refractivity contribution in [1.82, 2.24) is 20.3 Å². The summed E-state index contributed by atoms with van der Waals surface area (Å²) in [5.74, 6) is -0.201. The van der Waals surface area contributed by atoms with Gasteiger partial charge in [0.2, 0.25) is 0 Å². The lowest BCUT2D eigenvalue weighted by Gasteiger charge is -2.24. The van der Waals surface area contributed by atoms with Gasteiger partial charge >= 0.3 is 0 Å². The maximum Gasteiger partial charge on any atom is 0.274 e. The number of benzene rings is 1. The van der Waals surface area contributed by atoms with Crippen molar-refractivity contribution in [3.63, 3.8) is 0 Å². The van der Waals surface area contributed by atoms with Gasteiger partial charge in [-0.3, -0.25) is 4.79 Å². The molecule has 6 heteroatoms. The minimum absolute atomic E-state index is 0.0543. The van der Waals surface area contributed by atoms with E-state index in [1.54, 1.807) is 4.68 Å². The van der Waals surface area contributed by atoms with Crippen LogP contribution in [0.15, 0.2) is 30.3 Å². The number of aromatic nitrogens is 3. The Morgan fingerprint density at radius 2 is 2.14 bits per heavy atom. The third-order valence-corrected chi connectivity index (χ3v) is 3.40. The van der Waals surface area contributed by atoms with Gasteiger partial charge in [0.15, 0.2) is 5.69 Å². The SMILES string of the molecule is CC(C)NC(=O)c1nnn2c1CO[C@@H](c1ccccc1)C2. The number of ether oxygens (including phenoxy) is 1. The van der Waals surface area contributed by atoms with Gasteiger partial charge in [-0.15, -0.1) is 5.10 Å². The molecular weight excluding hydrogens is 268 g/mol. The molecule has 1 aromatic heterocycles. The van der Waals surface area contributed by atoms with Crippen LogP contribution in [0.3, 0.4) is 0 Å². The second-order valence-electron chi connectivity index (χ2n) is 5.41. The van der Waals surface area contributed by atoms with E-state index in [0.717, 1.165) is 11.3 Å². The second kappa shape index (κ2) is 5.65. The quantitative estimate of drug-likeness (QED) is 0.932. The Kier molecular flexibility index (Phi) is 3.70. The van der Waals surface area contributed by atoms with Crippen LogP contribution in [-0.4, -0.2) is 26.9 Å². The van der Waals surface area contributed by atoms with Crippen LogP contribution in [0.1, 0.15) is 41.7 Å². The number of amides is 1. The Hall–Kier alpha value is -2.21. The molecule has 0 spiro atoms. The molecule has 3 rings (SSSR count). The molecule has 2 aromatic rings. The summed E-state index contributed by atoms with van der Waals surface area (Å²) < 4.78 is 7.62. The van der Waals surface area contributed by atoms with Gasteiger partial charge in [-0.05, 0) is 19.4 Å². The number of carbonyl (C=O) groups is 1. The number of nitrogens with zero attached hydrogens (tertiary/aromatic N) is 3. The van der Waals surface area contributed by atoms with Crippen molar-refractivity contribution < 1.29 is 9.53 Å². The highest BCUT2D eigenvalue weighted by Gasteiger charge is 2.27. The van der Waals surface area contributed by atoms with Crippen LogP contribution in [0.4, 0.5) is 0 Å². The molecule has 2 heterocycles. The van der Waals surface area contributed by atoms with Crippen molar-refractivity contribution in [1.29, 1.82) is 0 Å². The molecule has 21 heavy (non-hydrogen) atoms. The van der Waals surface area contributed by atoms with Crippen molar-refractivity contribution in [2.75, 3.05) is 0 Å². The number of hydrogen-bond donors (Lipinski definition) is 1. The Labute approximate surface area is 123 Å². The van der Waals surface area contributed by atoms with E-state index in [0.29, 0.717) is 18.8 Å². The molecule has 1 aromatic carbocycles. The molecule has 0 saturated carbocycles. The van der Waals surface area contributed by atoms with Crippen molar-refractivity contribution in [3.8, 4) is 0 Å². The van der Waals surface area contributed by atoms with Crippen molar-refractivity contribution in [3.05, 3.63) is 47.3 Å². The van der Waals surface area contributed by atoms with Crippen LogP contribution < -0.4 is 5.32 Å². The first-order chi connectivity index (χ1) is 10.1. The van der Waals surface area contributed by atoms with Gasteiger partial charge in [0, 0.05) is 6.04 Å². The Morgan fingerprint density at radius 3 is 2.86 bits per heavy atom. The van der Waals surface area contributed by atoms with E-state index < -0.39 is 0 Å². The van der Waals surface area contributed by atoms with Gasteiger partial charge in [0.1, 0.15) is 6.10 Å². The topological polar surface area (TPSA) is 69.0 Å². The first-order valence-corrected chi connectivity index (χ1v) is 7.05. The van der Waals surface area contributed by atoms with Crippen LogP contribution >= 0.6 is 0 Å². The van der Waals surface area contributed by atoms with E-state index >= 15 is 0 Å². The van der Waals surface area contributed by atoms with Crippen LogP contribution in [0.25, 0.3) is 0 Å². The highest BCUT2D eigenvalue weighted by molar-refractivity contribution is 5.93. The van der Waals surface area contributed by atoms with E-state index in [1.807, 2.05) is 44.2 Å². The van der Waals surface area contributed by atoms with Gasteiger partial charge in [-0.25, -0.2) is 4.68 Å². The van der Waals surface area contributed by atoms with Gasteiger partial charge in [0.25, 0.3) is 5.91 Å². The van der Waals surface area contributed by atoms with Gasteiger partial charge in [-0.1, -0.05) is 35.5 Å². The second-order valence-corrected chi connectivity index (χ2v) is 5.41. The van der Waals surface area contributed by atoms with Gasteiger partial charge < -0.3 is 10.1 Å². The fourth-order valence-electron chi connectivity index (χ4n) is 2.39. The number of carbonyl (C=O) groups excluding carboxylic acids is 1. The average molecular weight is 286 g/mol. The summed E-state index contributed by atoms with van der Waals surface area (Å²) in [7, 11) is 0. The summed E-state index contributed by atoms with van der Waals surface area (Å²) in [5.41, 5.74) is 2.20. The lowest BCUT2D eigenvalue weighted by molar-refractivity contribution is -0.00177. The van der Waals surface area contributed by atoms with Crippen molar-refractivity contribution >= 4 is 5.91 Å². The lowest BCUT2D eigenvalue weighted by atomic mass is 10.1. The predicted octanol–water partition coefficient (Wildman–Crippen LogP) is 1.69. The maximum absolute atomic E-state index is 12.1. The Morgan fingerprint density at radius 1 is 1.38 bits per heavy atom. The maximum atomic E-state index is 12.1. The summed E-state index contributed by atoms with van der Waals surface area (Å²) in [6, 6.07) is 10.1. The first kappa shape index (κ1) is 13.8. The fraction of sp³-hybridized carbons (Fsp3) is 0.400. The minimum Gasteiger partial charge on any atom is -0.365 e. The van der Waals surface area contributed by atoms with Gasteiger partial charge in [0.05, 0.1) is 18.8 Å². The molecule has 1 N–H and O–H groups in total. The number of fused-ring (bicyclic) bond motifs is 1. The molecule has 0 saturated heterocycles. The molecule has 1 amide bonds. The zero-order chi connectivity index (χ0) is 14.8. The molecular formula is C15H18N4O2. The van der Waals surface area contributed by atoms with Crippen molar-refractivity contribution in [2.45, 2.75) is 39.1 Å². The summed E-state index contributed by atoms with van der Waals surface area (Å²) in [5, 5.41) is 10.9. The Bertz CT molecular complexity index is 636. The third-order valence-electron chi connectivity index (χ3n) is 3.40. The molecule has 0 bridgehead atoms. The number of nitrogens with one attached hydrogen (secondary N) is 1. The molecule has 110 valence electrons. The van der Waals surface area contributed by atoms with Crippen molar-refractivity contribution in [2.24, 2.45) is 0 Å². The molecule has 0 unspecified atom stereocenters. The van der Waals surface area contributed by atoms with Crippen LogP contribution in [0.5, 0.6) is 0 Å². The minimum atomic E-state index is -0.201. The number of hydrogen-bond acceptors (Lipinski definition) is 4. The summed E-state index contributed by atoms with van der Waals surface area (Å²) in [6.45, 7) is 4.74. The molecule has 0 aliphatic carbocycles. The first-order valence-electron chi connectivity index (χ1n) is 7.05. The lowest BCUT2D eigenvalue weighted by Crippen LogP contribution is -2.32. The molecule has 1 aliphatic heterocycles. The van der Waals surface area contributed by atoms with E-state index in [-0.39, 0.29) is 18.1 Å². The van der Waals surface area contributed by atoms with E-state index in [1.165, 1.54) is 0 Å². The fourth-order valence-corrected chi connectivity index (χ4v) is 2.39. The Balaban J connectivity index is 1.80. The number of rotatable bonds is 3. The van der Waals surface area contributed by atoms with E-state index in [4.69, 9.17) is 4.74 Å². The standard InChI is InChI=1S/C15H18N4O2/c1-10(2)16-15(20)14-12-9-21-13(8-19(12)18-17-14)11-6-4-3-5-7-11/h3-7,10,13H,8-9H2,1-2H3,(H,16,20)/t13-/m1/s1. The largest absolute Gasteiger partial charge is 0.365 e. The van der Waals surface area contributed by atoms with Crippen LogP contribution in [0.2, 0.25) is 0 Å². The third kappa shape index (κ3) is 2.80. The monoisotopic (exact) mass is 286 g/mol. The molecule has 1 aliphatic rings. The summed E-state index contributed by atoms with van der Waals surface area (Å²) in [4.78, 5) is 12.1. The van der Waals surface area contributed by atoms with Crippen LogP contribution in [-0.2, 0) is 17.9 Å². The zero-order valence-corrected chi connectivity index (χ0v) is 12.1. The molecule has 0 radical (unpaired) electrons. The highest BCUT2D eigenvalue weighted by atomic mass is 16.5. The molecule has 1 atom stereocenters. The molecule has 0 fully saturated rings. The van der Waals surface area contributed by atoms with E-state index in [9.17, 15) is 4.79 Å².